The number of aromatic nitrogens is 1. The predicted octanol–water partition coefficient (Wildman–Crippen LogP) is 0.559. The normalized spacial score (nSPS) is 20.3. The lowest BCUT2D eigenvalue weighted by Gasteiger charge is -2.17. The Balaban J connectivity index is 2.06. The molecule has 102 valence electrons. The fourth-order valence-electron chi connectivity index (χ4n) is 2.19. The van der Waals surface area contributed by atoms with Gasteiger partial charge in [-0.25, -0.2) is 0 Å². The molecule has 3 N–H and O–H groups in total. The van der Waals surface area contributed by atoms with E-state index in [-0.39, 0.29) is 22.9 Å². The van der Waals surface area contributed by atoms with Crippen molar-refractivity contribution in [1.82, 2.24) is 9.88 Å². The molecule has 1 fully saturated rings. The molecular weight excluding hydrogens is 262 g/mol. The number of thiocarbonyl (C=S) groups is 1. The zero-order chi connectivity index (χ0) is 14.0. The van der Waals surface area contributed by atoms with Gasteiger partial charge in [-0.2, -0.15) is 0 Å². The van der Waals surface area contributed by atoms with Crippen molar-refractivity contribution in [2.75, 3.05) is 13.1 Å². The van der Waals surface area contributed by atoms with Crippen LogP contribution in [0, 0.1) is 5.92 Å². The Bertz CT molecular complexity index is 487. The minimum atomic E-state index is -0.386. The first kappa shape index (κ1) is 13.9. The highest BCUT2D eigenvalue weighted by atomic mass is 32.1. The minimum absolute atomic E-state index is 0.113. The van der Waals surface area contributed by atoms with E-state index < -0.39 is 0 Å². The first-order chi connectivity index (χ1) is 8.99. The van der Waals surface area contributed by atoms with E-state index in [4.69, 9.17) is 18.0 Å². The van der Waals surface area contributed by atoms with Crippen LogP contribution in [0.1, 0.15) is 29.4 Å². The molecule has 1 aromatic heterocycles. The number of rotatable bonds is 3. The lowest BCUT2D eigenvalue weighted by Crippen LogP contribution is -2.31. The number of nitrogens with zero attached hydrogens (tertiary/aromatic N) is 2. The highest BCUT2D eigenvalue weighted by Gasteiger charge is 2.29. The Labute approximate surface area is 117 Å². The molecule has 2 heterocycles. The molecule has 0 aliphatic carbocycles. The van der Waals surface area contributed by atoms with Crippen molar-refractivity contribution < 1.29 is 9.90 Å². The van der Waals surface area contributed by atoms with Crippen LogP contribution in [-0.2, 0) is 0 Å². The summed E-state index contributed by atoms with van der Waals surface area (Å²) in [6, 6.07) is 3.33. The van der Waals surface area contributed by atoms with Crippen LogP contribution >= 0.6 is 12.2 Å². The van der Waals surface area contributed by atoms with Crippen LogP contribution in [-0.4, -0.2) is 45.1 Å². The SMILES string of the molecule is CC(O)C1CCN(C(=O)c2ccc(C(N)=S)cn2)C1. The summed E-state index contributed by atoms with van der Waals surface area (Å²) in [6.45, 7) is 3.00. The average Bonchev–Trinajstić information content (AvgIpc) is 2.87. The Morgan fingerprint density at radius 1 is 1.63 bits per heavy atom. The molecule has 2 atom stereocenters. The monoisotopic (exact) mass is 279 g/mol. The minimum Gasteiger partial charge on any atom is -0.393 e. The fraction of sp³-hybridized carbons (Fsp3) is 0.462. The molecule has 1 aromatic rings. The molecule has 1 aliphatic heterocycles. The average molecular weight is 279 g/mol. The number of hydrogen-bond donors (Lipinski definition) is 2. The van der Waals surface area contributed by atoms with E-state index in [2.05, 4.69) is 4.98 Å². The number of pyridine rings is 1. The number of amides is 1. The molecule has 19 heavy (non-hydrogen) atoms. The van der Waals surface area contributed by atoms with Crippen LogP contribution in [0.2, 0.25) is 0 Å². The molecule has 0 spiro atoms. The number of hydrogen-bond acceptors (Lipinski definition) is 4. The summed E-state index contributed by atoms with van der Waals surface area (Å²) in [5, 5.41) is 9.54. The van der Waals surface area contributed by atoms with E-state index in [0.717, 1.165) is 6.42 Å². The second-order valence-corrected chi connectivity index (χ2v) is 5.28. The summed E-state index contributed by atoms with van der Waals surface area (Å²) in [6.07, 6.45) is 1.95. The van der Waals surface area contributed by atoms with Gasteiger partial charge < -0.3 is 15.7 Å². The molecule has 1 aliphatic rings. The quantitative estimate of drug-likeness (QED) is 0.790. The molecular formula is C13H17N3O2S. The van der Waals surface area contributed by atoms with Gasteiger partial charge in [0.1, 0.15) is 10.7 Å². The van der Waals surface area contributed by atoms with Crippen molar-refractivity contribution in [3.8, 4) is 0 Å². The Morgan fingerprint density at radius 2 is 2.37 bits per heavy atom. The maximum absolute atomic E-state index is 12.2. The van der Waals surface area contributed by atoms with Crippen LogP contribution < -0.4 is 5.73 Å². The van der Waals surface area contributed by atoms with Crippen LogP contribution in [0.15, 0.2) is 18.3 Å². The number of aliphatic hydroxyl groups is 1. The summed E-state index contributed by atoms with van der Waals surface area (Å²) in [5.74, 6) is 0.0393. The smallest absolute Gasteiger partial charge is 0.272 e. The van der Waals surface area contributed by atoms with Gasteiger partial charge in [-0.05, 0) is 25.5 Å². The second-order valence-electron chi connectivity index (χ2n) is 4.84. The van der Waals surface area contributed by atoms with Gasteiger partial charge in [0.2, 0.25) is 0 Å². The first-order valence-electron chi connectivity index (χ1n) is 6.22. The van der Waals surface area contributed by atoms with Crippen molar-refractivity contribution in [3.63, 3.8) is 0 Å². The van der Waals surface area contributed by atoms with Crippen LogP contribution in [0.25, 0.3) is 0 Å². The Hall–Kier alpha value is -1.53. The molecule has 0 aromatic carbocycles. The first-order valence-corrected chi connectivity index (χ1v) is 6.63. The molecule has 0 radical (unpaired) electrons. The van der Waals surface area contributed by atoms with Crippen molar-refractivity contribution in [3.05, 3.63) is 29.6 Å². The van der Waals surface area contributed by atoms with E-state index in [0.29, 0.717) is 24.3 Å². The molecule has 0 saturated carbocycles. The largest absolute Gasteiger partial charge is 0.393 e. The van der Waals surface area contributed by atoms with Crippen molar-refractivity contribution in [2.24, 2.45) is 11.7 Å². The zero-order valence-electron chi connectivity index (χ0n) is 10.7. The van der Waals surface area contributed by atoms with E-state index in [9.17, 15) is 9.90 Å². The van der Waals surface area contributed by atoms with E-state index in [1.165, 1.54) is 6.20 Å². The maximum Gasteiger partial charge on any atom is 0.272 e. The topological polar surface area (TPSA) is 79.5 Å². The second kappa shape index (κ2) is 5.63. The van der Waals surface area contributed by atoms with E-state index >= 15 is 0 Å². The van der Waals surface area contributed by atoms with Crippen molar-refractivity contribution in [2.45, 2.75) is 19.4 Å². The fourth-order valence-corrected chi connectivity index (χ4v) is 2.31. The lowest BCUT2D eigenvalue weighted by molar-refractivity contribution is 0.0757. The van der Waals surface area contributed by atoms with Gasteiger partial charge >= 0.3 is 0 Å². The number of carbonyl (C=O) groups is 1. The third-order valence-corrected chi connectivity index (χ3v) is 3.70. The van der Waals surface area contributed by atoms with Crippen LogP contribution in [0.3, 0.4) is 0 Å². The maximum atomic E-state index is 12.2. The third-order valence-electron chi connectivity index (χ3n) is 3.46. The molecule has 2 unspecified atom stereocenters. The summed E-state index contributed by atoms with van der Waals surface area (Å²) in [7, 11) is 0. The molecule has 1 saturated heterocycles. The van der Waals surface area contributed by atoms with Gasteiger partial charge in [-0.15, -0.1) is 0 Å². The highest BCUT2D eigenvalue weighted by molar-refractivity contribution is 7.80. The van der Waals surface area contributed by atoms with Gasteiger partial charge in [0, 0.05) is 30.8 Å². The predicted molar refractivity (Wildman–Crippen MR) is 75.8 cm³/mol. The summed E-state index contributed by atoms with van der Waals surface area (Å²) < 4.78 is 0. The highest BCUT2D eigenvalue weighted by Crippen LogP contribution is 2.21. The molecule has 0 bridgehead atoms. The van der Waals surface area contributed by atoms with Gasteiger partial charge in [-0.3, -0.25) is 9.78 Å². The summed E-state index contributed by atoms with van der Waals surface area (Å²) in [4.78, 5) is 18.3. The standard InChI is InChI=1S/C13H17N3O2S/c1-8(17)10-4-5-16(7-10)13(18)11-3-2-9(6-15-11)12(14)19/h2-3,6,8,10,17H,4-5,7H2,1H3,(H2,14,19). The van der Waals surface area contributed by atoms with Crippen LogP contribution in [0.5, 0.6) is 0 Å². The number of likely N-dealkylation sites (tertiary alicyclic amines) is 1. The van der Waals surface area contributed by atoms with Gasteiger partial charge in [0.05, 0.1) is 6.10 Å². The number of carbonyl (C=O) groups excluding carboxylic acids is 1. The van der Waals surface area contributed by atoms with E-state index in [1.807, 2.05) is 0 Å². The Kier molecular flexibility index (Phi) is 4.11. The summed E-state index contributed by atoms with van der Waals surface area (Å²) >= 11 is 4.84. The van der Waals surface area contributed by atoms with Gasteiger partial charge in [-0.1, -0.05) is 12.2 Å². The van der Waals surface area contributed by atoms with Gasteiger partial charge in [0.25, 0.3) is 5.91 Å². The number of nitrogens with two attached hydrogens (primary N) is 1. The van der Waals surface area contributed by atoms with Gasteiger partial charge in [0.15, 0.2) is 0 Å². The summed E-state index contributed by atoms with van der Waals surface area (Å²) in [5.41, 5.74) is 6.51. The Morgan fingerprint density at radius 3 is 2.84 bits per heavy atom. The number of aliphatic hydroxyl groups excluding tert-OH is 1. The van der Waals surface area contributed by atoms with Crippen molar-refractivity contribution >= 4 is 23.1 Å². The van der Waals surface area contributed by atoms with Crippen LogP contribution in [0.4, 0.5) is 0 Å². The molecule has 1 amide bonds. The zero-order valence-corrected chi connectivity index (χ0v) is 11.6. The molecule has 2 rings (SSSR count). The molecule has 6 heteroatoms. The lowest BCUT2D eigenvalue weighted by atomic mass is 10.0. The molecule has 5 nitrogen and oxygen atoms in total. The van der Waals surface area contributed by atoms with E-state index in [1.54, 1.807) is 24.0 Å². The van der Waals surface area contributed by atoms with Crippen molar-refractivity contribution in [1.29, 1.82) is 0 Å². The third kappa shape index (κ3) is 3.08.